The van der Waals surface area contributed by atoms with Crippen molar-refractivity contribution >= 4 is 10.8 Å². The number of hydrogen-bond acceptors (Lipinski definition) is 2. The molecule has 2 nitrogen and oxygen atoms in total. The van der Waals surface area contributed by atoms with E-state index in [1.807, 2.05) is 6.07 Å². The van der Waals surface area contributed by atoms with Crippen LogP contribution >= 0.6 is 0 Å². The topological polar surface area (TPSA) is 29.5 Å². The van der Waals surface area contributed by atoms with Gasteiger partial charge in [-0.05, 0) is 65.2 Å². The molecule has 0 bridgehead atoms. The summed E-state index contributed by atoms with van der Waals surface area (Å²) in [4.78, 5) is 0. The Morgan fingerprint density at radius 2 is 1.64 bits per heavy atom. The summed E-state index contributed by atoms with van der Waals surface area (Å²) in [6.07, 6.45) is 8.59. The minimum absolute atomic E-state index is 0.0716. The van der Waals surface area contributed by atoms with Crippen LogP contribution in [-0.2, 0) is 5.41 Å². The average molecular weight is 326 g/mol. The molecule has 122 valence electrons. The molecule has 3 aromatic rings. The smallest absolute Gasteiger partial charge is 0.130 e. The first-order valence-electron chi connectivity index (χ1n) is 8.54. The van der Waals surface area contributed by atoms with Crippen LogP contribution in [0.5, 0.6) is 11.5 Å². The predicted molar refractivity (Wildman–Crippen MR) is 101 cm³/mol. The monoisotopic (exact) mass is 326 g/mol. The maximum atomic E-state index is 9.63. The molecule has 2 aliphatic rings. The van der Waals surface area contributed by atoms with Gasteiger partial charge in [0.2, 0.25) is 0 Å². The molecule has 3 aromatic carbocycles. The zero-order valence-electron chi connectivity index (χ0n) is 13.9. The summed E-state index contributed by atoms with van der Waals surface area (Å²) in [6.45, 7) is 2.23. The average Bonchev–Trinajstić information content (AvgIpc) is 2.93. The molecule has 25 heavy (non-hydrogen) atoms. The number of ether oxygens (including phenoxy) is 1. The van der Waals surface area contributed by atoms with Crippen LogP contribution in [0.2, 0.25) is 0 Å². The van der Waals surface area contributed by atoms with Gasteiger partial charge in [-0.25, -0.2) is 0 Å². The van der Waals surface area contributed by atoms with E-state index in [0.717, 1.165) is 16.5 Å². The molecule has 2 atom stereocenters. The molecule has 0 radical (unpaired) electrons. The first kappa shape index (κ1) is 14.4. The summed E-state index contributed by atoms with van der Waals surface area (Å²) in [5, 5.41) is 11.8. The van der Waals surface area contributed by atoms with Crippen molar-refractivity contribution in [3.63, 3.8) is 0 Å². The Hall–Kier alpha value is -3.00. The van der Waals surface area contributed by atoms with Crippen LogP contribution < -0.4 is 4.74 Å². The van der Waals surface area contributed by atoms with Gasteiger partial charge >= 0.3 is 0 Å². The number of phenols is 1. The van der Waals surface area contributed by atoms with Gasteiger partial charge < -0.3 is 9.84 Å². The zero-order chi connectivity index (χ0) is 17.0. The fraction of sp³-hybridized carbons (Fsp3) is 0.130. The van der Waals surface area contributed by atoms with Crippen LogP contribution in [0.25, 0.3) is 21.9 Å². The summed E-state index contributed by atoms with van der Waals surface area (Å²) in [7, 11) is 0. The Labute approximate surface area is 146 Å². The molecular weight excluding hydrogens is 308 g/mol. The van der Waals surface area contributed by atoms with Crippen LogP contribution in [0.1, 0.15) is 12.5 Å². The second-order valence-corrected chi connectivity index (χ2v) is 7.02. The summed E-state index contributed by atoms with van der Waals surface area (Å²) < 4.78 is 6.12. The number of phenolic OH excluding ortho intramolecular Hbond substituents is 1. The molecule has 0 fully saturated rings. The highest BCUT2D eigenvalue weighted by atomic mass is 16.5. The van der Waals surface area contributed by atoms with Gasteiger partial charge in [-0.1, -0.05) is 42.5 Å². The third-order valence-corrected chi connectivity index (χ3v) is 5.40. The van der Waals surface area contributed by atoms with Crippen molar-refractivity contribution in [3.05, 3.63) is 84.5 Å². The zero-order valence-corrected chi connectivity index (χ0v) is 13.9. The second kappa shape index (κ2) is 5.00. The lowest BCUT2D eigenvalue weighted by atomic mass is 9.76. The first-order chi connectivity index (χ1) is 12.1. The predicted octanol–water partition coefficient (Wildman–Crippen LogP) is 5.36. The number of rotatable bonds is 1. The molecule has 0 spiro atoms. The van der Waals surface area contributed by atoms with E-state index < -0.39 is 0 Å². The number of allylic oxidation sites excluding steroid dienone is 2. The third-order valence-electron chi connectivity index (χ3n) is 5.40. The van der Waals surface area contributed by atoms with E-state index in [-0.39, 0.29) is 11.5 Å². The van der Waals surface area contributed by atoms with Gasteiger partial charge in [-0.2, -0.15) is 0 Å². The summed E-state index contributed by atoms with van der Waals surface area (Å²) in [5.41, 5.74) is 3.48. The summed E-state index contributed by atoms with van der Waals surface area (Å²) in [5.74, 6) is 1.27. The largest absolute Gasteiger partial charge is 0.508 e. The molecule has 0 saturated carbocycles. The molecule has 5 rings (SSSR count). The van der Waals surface area contributed by atoms with Gasteiger partial charge in [0.15, 0.2) is 0 Å². The van der Waals surface area contributed by atoms with Crippen LogP contribution in [-0.4, -0.2) is 11.2 Å². The molecule has 1 aliphatic heterocycles. The lowest BCUT2D eigenvalue weighted by Gasteiger charge is -2.27. The minimum Gasteiger partial charge on any atom is -0.508 e. The van der Waals surface area contributed by atoms with Gasteiger partial charge in [-0.3, -0.25) is 0 Å². The highest BCUT2D eigenvalue weighted by molar-refractivity contribution is 5.88. The molecule has 1 heterocycles. The van der Waals surface area contributed by atoms with Gasteiger partial charge in [0, 0.05) is 5.56 Å². The second-order valence-electron chi connectivity index (χ2n) is 7.02. The Balaban J connectivity index is 1.63. The van der Waals surface area contributed by atoms with Crippen molar-refractivity contribution in [2.24, 2.45) is 0 Å². The van der Waals surface area contributed by atoms with Crippen LogP contribution in [0.4, 0.5) is 0 Å². The van der Waals surface area contributed by atoms with Gasteiger partial charge in [-0.15, -0.1) is 0 Å². The summed E-state index contributed by atoms with van der Waals surface area (Å²) >= 11 is 0. The quantitative estimate of drug-likeness (QED) is 0.652. The molecular formula is C23H18O2. The maximum Gasteiger partial charge on any atom is 0.130 e. The molecule has 2 heteroatoms. The van der Waals surface area contributed by atoms with Crippen molar-refractivity contribution < 1.29 is 9.84 Å². The fourth-order valence-corrected chi connectivity index (χ4v) is 3.90. The van der Waals surface area contributed by atoms with Crippen LogP contribution in [0.3, 0.4) is 0 Å². The van der Waals surface area contributed by atoms with E-state index in [0.29, 0.717) is 5.75 Å². The van der Waals surface area contributed by atoms with Crippen molar-refractivity contribution in [1.29, 1.82) is 0 Å². The number of aromatic hydroxyl groups is 1. The van der Waals surface area contributed by atoms with Gasteiger partial charge in [0.1, 0.15) is 17.6 Å². The highest BCUT2D eigenvalue weighted by Crippen LogP contribution is 2.47. The maximum absolute atomic E-state index is 9.63. The van der Waals surface area contributed by atoms with Crippen molar-refractivity contribution in [1.82, 2.24) is 0 Å². The van der Waals surface area contributed by atoms with E-state index in [4.69, 9.17) is 4.74 Å². The molecule has 1 N–H and O–H groups in total. The van der Waals surface area contributed by atoms with Gasteiger partial charge in [0.05, 0.1) is 5.41 Å². The first-order valence-corrected chi connectivity index (χ1v) is 8.54. The number of fused-ring (bicyclic) bond motifs is 4. The van der Waals surface area contributed by atoms with E-state index in [9.17, 15) is 5.11 Å². The Morgan fingerprint density at radius 1 is 0.880 bits per heavy atom. The third kappa shape index (κ3) is 2.11. The molecule has 0 aromatic heterocycles. The van der Waals surface area contributed by atoms with Crippen molar-refractivity contribution in [2.75, 3.05) is 0 Å². The van der Waals surface area contributed by atoms with Crippen LogP contribution in [0, 0.1) is 0 Å². The standard InChI is InChI=1S/C23H18O2/c1-23-11-3-2-4-22(23)25-21-10-8-18(14-20(21)23)15-5-6-17-13-19(24)9-7-16(17)12-15/h2-14,22,24H,1H3. The Kier molecular flexibility index (Phi) is 2.87. The Morgan fingerprint density at radius 3 is 2.56 bits per heavy atom. The number of benzene rings is 3. The lowest BCUT2D eigenvalue weighted by Crippen LogP contribution is -2.32. The van der Waals surface area contributed by atoms with E-state index in [1.54, 1.807) is 12.1 Å². The van der Waals surface area contributed by atoms with Crippen molar-refractivity contribution in [2.45, 2.75) is 18.4 Å². The van der Waals surface area contributed by atoms with E-state index in [2.05, 4.69) is 67.6 Å². The molecule has 1 aliphatic carbocycles. The van der Waals surface area contributed by atoms with E-state index in [1.165, 1.54) is 16.7 Å². The van der Waals surface area contributed by atoms with E-state index >= 15 is 0 Å². The SMILES string of the molecule is CC12C=CC=CC1Oc1ccc(-c3ccc4cc(O)ccc4c3)cc12. The van der Waals surface area contributed by atoms with Crippen molar-refractivity contribution in [3.8, 4) is 22.6 Å². The molecule has 2 unspecified atom stereocenters. The summed E-state index contributed by atoms with van der Waals surface area (Å²) in [6, 6.07) is 18.3. The van der Waals surface area contributed by atoms with Crippen LogP contribution in [0.15, 0.2) is 78.9 Å². The Bertz CT molecular complexity index is 1060. The minimum atomic E-state index is -0.108. The normalized spacial score (nSPS) is 23.3. The fourth-order valence-electron chi connectivity index (χ4n) is 3.90. The van der Waals surface area contributed by atoms with Gasteiger partial charge in [0.25, 0.3) is 0 Å². The highest BCUT2D eigenvalue weighted by Gasteiger charge is 2.43. The molecule has 0 amide bonds. The molecule has 0 saturated heterocycles. The lowest BCUT2D eigenvalue weighted by molar-refractivity contribution is 0.228. The number of hydrogen-bond donors (Lipinski definition) is 1.